The largest absolute Gasteiger partial charge is 0.371 e. The van der Waals surface area contributed by atoms with Gasteiger partial charge >= 0.3 is 0 Å². The molecule has 0 fully saturated rings. The number of hydrogen-bond donors (Lipinski definition) is 0. The summed E-state index contributed by atoms with van der Waals surface area (Å²) in [5.41, 5.74) is 10.2. The fourth-order valence-electron chi connectivity index (χ4n) is 3.15. The first-order chi connectivity index (χ1) is 14.3. The SMILES string of the molecule is CN(C)C(=C=Cc1ccccc1C#Cc1ccccc1)c1cccc(C(C)(C)C)c1. The number of nitrogens with zero attached hydrogens (tertiary/aromatic N) is 1. The molecule has 30 heavy (non-hydrogen) atoms. The van der Waals surface area contributed by atoms with Crippen LogP contribution in [0, 0.1) is 11.8 Å². The zero-order chi connectivity index (χ0) is 21.6. The van der Waals surface area contributed by atoms with E-state index in [1.165, 1.54) is 5.56 Å². The zero-order valence-electron chi connectivity index (χ0n) is 18.5. The van der Waals surface area contributed by atoms with Crippen LogP contribution in [0.1, 0.15) is 48.6 Å². The maximum Gasteiger partial charge on any atom is 0.0868 e. The van der Waals surface area contributed by atoms with Gasteiger partial charge in [-0.25, -0.2) is 0 Å². The average Bonchev–Trinajstić information content (AvgIpc) is 2.73. The summed E-state index contributed by atoms with van der Waals surface area (Å²) in [5, 5.41) is 0. The van der Waals surface area contributed by atoms with E-state index < -0.39 is 0 Å². The van der Waals surface area contributed by atoms with Crippen LogP contribution in [0.15, 0.2) is 84.6 Å². The molecule has 0 aromatic heterocycles. The fourth-order valence-corrected chi connectivity index (χ4v) is 3.15. The highest BCUT2D eigenvalue weighted by Gasteiger charge is 2.15. The third-order valence-corrected chi connectivity index (χ3v) is 4.89. The Morgan fingerprint density at radius 1 is 0.800 bits per heavy atom. The average molecular weight is 392 g/mol. The maximum atomic E-state index is 3.52. The lowest BCUT2D eigenvalue weighted by atomic mass is 9.86. The first kappa shape index (κ1) is 21.3. The van der Waals surface area contributed by atoms with Gasteiger partial charge in [0.05, 0.1) is 5.70 Å². The first-order valence-corrected chi connectivity index (χ1v) is 10.3. The molecule has 0 aliphatic rings. The molecule has 3 aromatic rings. The van der Waals surface area contributed by atoms with Crippen molar-refractivity contribution in [2.24, 2.45) is 0 Å². The van der Waals surface area contributed by atoms with Crippen LogP contribution in [-0.4, -0.2) is 19.0 Å². The minimum atomic E-state index is 0.108. The first-order valence-electron chi connectivity index (χ1n) is 10.3. The lowest BCUT2D eigenvalue weighted by Crippen LogP contribution is -2.13. The summed E-state index contributed by atoms with van der Waals surface area (Å²) in [6, 6.07) is 27.0. The summed E-state index contributed by atoms with van der Waals surface area (Å²) in [5.74, 6) is 6.56. The third-order valence-electron chi connectivity index (χ3n) is 4.89. The van der Waals surface area contributed by atoms with Gasteiger partial charge in [0.25, 0.3) is 0 Å². The van der Waals surface area contributed by atoms with Gasteiger partial charge in [0.1, 0.15) is 0 Å². The molecule has 0 radical (unpaired) electrons. The maximum absolute atomic E-state index is 3.52. The minimum absolute atomic E-state index is 0.108. The summed E-state index contributed by atoms with van der Waals surface area (Å²) in [6.45, 7) is 6.72. The van der Waals surface area contributed by atoms with Crippen LogP contribution in [0.25, 0.3) is 11.8 Å². The van der Waals surface area contributed by atoms with Crippen molar-refractivity contribution in [2.45, 2.75) is 26.2 Å². The Balaban J connectivity index is 2.03. The van der Waals surface area contributed by atoms with Gasteiger partial charge in [-0.3, -0.25) is 0 Å². The molecule has 0 saturated heterocycles. The van der Waals surface area contributed by atoms with Crippen molar-refractivity contribution in [1.29, 1.82) is 0 Å². The normalized spacial score (nSPS) is 10.4. The van der Waals surface area contributed by atoms with E-state index in [2.05, 4.69) is 93.7 Å². The molecule has 3 rings (SSSR count). The van der Waals surface area contributed by atoms with Crippen LogP contribution in [0.4, 0.5) is 0 Å². The van der Waals surface area contributed by atoms with Crippen molar-refractivity contribution in [3.8, 4) is 11.8 Å². The van der Waals surface area contributed by atoms with Gasteiger partial charge in [0, 0.05) is 30.8 Å². The van der Waals surface area contributed by atoms with E-state index in [1.54, 1.807) is 0 Å². The second-order valence-corrected chi connectivity index (χ2v) is 8.57. The van der Waals surface area contributed by atoms with Crippen LogP contribution in [-0.2, 0) is 5.41 Å². The Morgan fingerprint density at radius 2 is 1.50 bits per heavy atom. The smallest absolute Gasteiger partial charge is 0.0868 e. The lowest BCUT2D eigenvalue weighted by Gasteiger charge is -2.22. The van der Waals surface area contributed by atoms with Gasteiger partial charge in [-0.15, -0.1) is 0 Å². The summed E-state index contributed by atoms with van der Waals surface area (Å²) < 4.78 is 0. The molecule has 0 amide bonds. The van der Waals surface area contributed by atoms with Crippen molar-refractivity contribution in [3.63, 3.8) is 0 Å². The second-order valence-electron chi connectivity index (χ2n) is 8.57. The Bertz CT molecular complexity index is 1130. The van der Waals surface area contributed by atoms with Crippen molar-refractivity contribution in [2.75, 3.05) is 14.1 Å². The number of hydrogen-bond acceptors (Lipinski definition) is 1. The molecule has 1 heteroatoms. The van der Waals surface area contributed by atoms with Gasteiger partial charge in [0.15, 0.2) is 0 Å². The Kier molecular flexibility index (Phi) is 6.63. The molecular formula is C29H29N. The standard InChI is InChI=1S/C29H29N/c1-29(2,3)27-17-11-16-26(22-27)28(30(4)5)21-20-25-15-10-9-14-24(25)19-18-23-12-7-6-8-13-23/h6-17,20,22H,1-5H3. The van der Waals surface area contributed by atoms with Gasteiger partial charge in [-0.1, -0.05) is 92.9 Å². The second kappa shape index (κ2) is 9.36. The molecule has 3 aromatic carbocycles. The molecule has 0 spiro atoms. The van der Waals surface area contributed by atoms with Gasteiger partial charge in [-0.05, 0) is 46.9 Å². The highest BCUT2D eigenvalue weighted by atomic mass is 15.1. The van der Waals surface area contributed by atoms with E-state index in [4.69, 9.17) is 0 Å². The van der Waals surface area contributed by atoms with Crippen molar-refractivity contribution < 1.29 is 0 Å². The summed E-state index contributed by atoms with van der Waals surface area (Å²) in [4.78, 5) is 2.11. The predicted octanol–water partition coefficient (Wildman–Crippen LogP) is 6.60. The predicted molar refractivity (Wildman–Crippen MR) is 129 cm³/mol. The molecule has 150 valence electrons. The fraction of sp³-hybridized carbons (Fsp3) is 0.207. The van der Waals surface area contributed by atoms with Gasteiger partial charge < -0.3 is 4.90 Å². The Hall–Kier alpha value is -3.46. The Morgan fingerprint density at radius 3 is 2.20 bits per heavy atom. The van der Waals surface area contributed by atoms with E-state index in [0.717, 1.165) is 28.0 Å². The van der Waals surface area contributed by atoms with Crippen molar-refractivity contribution in [1.82, 2.24) is 4.90 Å². The van der Waals surface area contributed by atoms with E-state index in [1.807, 2.05) is 48.5 Å². The minimum Gasteiger partial charge on any atom is -0.371 e. The van der Waals surface area contributed by atoms with Crippen molar-refractivity contribution >= 4 is 11.8 Å². The highest BCUT2D eigenvalue weighted by Crippen LogP contribution is 2.26. The van der Waals surface area contributed by atoms with Gasteiger partial charge in [0.2, 0.25) is 0 Å². The molecule has 1 nitrogen and oxygen atoms in total. The topological polar surface area (TPSA) is 3.24 Å². The third kappa shape index (κ3) is 5.54. The monoisotopic (exact) mass is 391 g/mol. The van der Waals surface area contributed by atoms with Crippen LogP contribution < -0.4 is 0 Å². The summed E-state index contributed by atoms with van der Waals surface area (Å²) in [6.07, 6.45) is 2.04. The lowest BCUT2D eigenvalue weighted by molar-refractivity contribution is 0.583. The zero-order valence-corrected chi connectivity index (χ0v) is 18.5. The van der Waals surface area contributed by atoms with Crippen LogP contribution in [0.3, 0.4) is 0 Å². The van der Waals surface area contributed by atoms with E-state index in [9.17, 15) is 0 Å². The molecule has 0 heterocycles. The van der Waals surface area contributed by atoms with E-state index >= 15 is 0 Å². The molecule has 0 unspecified atom stereocenters. The van der Waals surface area contributed by atoms with Crippen molar-refractivity contribution in [3.05, 3.63) is 112 Å². The molecule has 0 aliphatic heterocycles. The van der Waals surface area contributed by atoms with Crippen LogP contribution in [0.5, 0.6) is 0 Å². The molecular weight excluding hydrogens is 362 g/mol. The molecule has 0 aliphatic carbocycles. The Labute approximate surface area is 181 Å². The van der Waals surface area contributed by atoms with E-state index in [-0.39, 0.29) is 5.41 Å². The molecule has 0 bridgehead atoms. The van der Waals surface area contributed by atoms with Crippen LogP contribution in [0.2, 0.25) is 0 Å². The quantitative estimate of drug-likeness (QED) is 0.359. The summed E-state index contributed by atoms with van der Waals surface area (Å²) >= 11 is 0. The van der Waals surface area contributed by atoms with E-state index in [0.29, 0.717) is 0 Å². The van der Waals surface area contributed by atoms with Crippen LogP contribution >= 0.6 is 0 Å². The number of benzene rings is 3. The molecule has 0 N–H and O–H groups in total. The van der Waals surface area contributed by atoms with Gasteiger partial charge in [-0.2, -0.15) is 0 Å². The highest BCUT2D eigenvalue weighted by molar-refractivity contribution is 5.70. The number of rotatable bonds is 3. The molecule has 0 saturated carbocycles. The molecule has 0 atom stereocenters. The summed E-state index contributed by atoms with van der Waals surface area (Å²) in [7, 11) is 4.11.